The Bertz CT molecular complexity index is 696. The van der Waals surface area contributed by atoms with Gasteiger partial charge >= 0.3 is 0 Å². The lowest BCUT2D eigenvalue weighted by atomic mass is 10.0. The molecule has 1 aromatic heterocycles. The van der Waals surface area contributed by atoms with Crippen LogP contribution in [0.15, 0.2) is 30.5 Å². The highest BCUT2D eigenvalue weighted by Gasteiger charge is 2.33. The fourth-order valence-corrected chi connectivity index (χ4v) is 3.36. The van der Waals surface area contributed by atoms with Crippen molar-refractivity contribution in [2.24, 2.45) is 0 Å². The number of rotatable bonds is 4. The predicted molar refractivity (Wildman–Crippen MR) is 88.9 cm³/mol. The fraction of sp³-hybridized carbons (Fsp3) is 0.412. The molecule has 2 heterocycles. The Morgan fingerprint density at radius 1 is 1.39 bits per heavy atom. The van der Waals surface area contributed by atoms with Gasteiger partial charge in [-0.15, -0.1) is 0 Å². The minimum atomic E-state index is -0.0485. The van der Waals surface area contributed by atoms with Crippen LogP contribution in [0.3, 0.4) is 0 Å². The van der Waals surface area contributed by atoms with Gasteiger partial charge in [0.25, 0.3) is 5.91 Å². The van der Waals surface area contributed by atoms with Gasteiger partial charge in [0.2, 0.25) is 0 Å². The van der Waals surface area contributed by atoms with Crippen LogP contribution in [0, 0.1) is 0 Å². The third-order valence-electron chi connectivity index (χ3n) is 4.31. The summed E-state index contributed by atoms with van der Waals surface area (Å²) >= 11 is 6.18. The van der Waals surface area contributed by atoms with Crippen LogP contribution in [0.1, 0.15) is 41.9 Å². The van der Waals surface area contributed by atoms with Crippen LogP contribution in [0.2, 0.25) is 5.02 Å². The molecule has 1 fully saturated rings. The smallest absolute Gasteiger partial charge is 0.274 e. The number of carbonyl (C=O) groups is 1. The number of amides is 1. The van der Waals surface area contributed by atoms with Gasteiger partial charge in [-0.25, -0.2) is 0 Å². The van der Waals surface area contributed by atoms with Crippen molar-refractivity contribution in [3.63, 3.8) is 0 Å². The number of hydrogen-bond donors (Lipinski definition) is 0. The summed E-state index contributed by atoms with van der Waals surface area (Å²) in [6.45, 7) is 3.31. The maximum atomic E-state index is 13.0. The van der Waals surface area contributed by atoms with Gasteiger partial charge in [0.15, 0.2) is 0 Å². The molecule has 3 rings (SSSR count). The normalized spacial score (nSPS) is 17.5. The van der Waals surface area contributed by atoms with Gasteiger partial charge < -0.3 is 9.64 Å². The van der Waals surface area contributed by atoms with Crippen molar-refractivity contribution in [2.45, 2.75) is 32.4 Å². The number of hydrogen-bond acceptors (Lipinski definition) is 3. The molecule has 2 aromatic rings. The monoisotopic (exact) mass is 333 g/mol. The third kappa shape index (κ3) is 2.93. The number of halogens is 1. The van der Waals surface area contributed by atoms with Gasteiger partial charge in [-0.2, -0.15) is 5.10 Å². The molecule has 1 aliphatic heterocycles. The Morgan fingerprint density at radius 3 is 2.78 bits per heavy atom. The molecule has 0 N–H and O–H groups in total. The van der Waals surface area contributed by atoms with Gasteiger partial charge in [0, 0.05) is 13.1 Å². The molecule has 5 nitrogen and oxygen atoms in total. The SMILES string of the molecule is CCn1ncc(Cl)c1C(=O)N1CCC[C@H]1c1ccc(OC)cc1. The number of aryl methyl sites for hydroxylation is 1. The van der Waals surface area contributed by atoms with E-state index in [0.717, 1.165) is 30.7 Å². The Balaban J connectivity index is 1.88. The topological polar surface area (TPSA) is 47.4 Å². The Labute approximate surface area is 140 Å². The van der Waals surface area contributed by atoms with Crippen molar-refractivity contribution in [3.05, 3.63) is 46.7 Å². The summed E-state index contributed by atoms with van der Waals surface area (Å²) in [4.78, 5) is 14.9. The number of methoxy groups -OCH3 is 1. The summed E-state index contributed by atoms with van der Waals surface area (Å²) in [5.74, 6) is 0.768. The number of nitrogens with zero attached hydrogens (tertiary/aromatic N) is 3. The average molecular weight is 334 g/mol. The molecule has 0 aliphatic carbocycles. The third-order valence-corrected chi connectivity index (χ3v) is 4.59. The first-order valence-corrected chi connectivity index (χ1v) is 8.19. The van der Waals surface area contributed by atoms with Gasteiger partial charge in [-0.1, -0.05) is 23.7 Å². The second kappa shape index (κ2) is 6.62. The molecule has 23 heavy (non-hydrogen) atoms. The molecule has 1 aromatic carbocycles. The Kier molecular flexibility index (Phi) is 4.57. The van der Waals surface area contributed by atoms with E-state index in [2.05, 4.69) is 5.10 Å². The first kappa shape index (κ1) is 15.9. The van der Waals surface area contributed by atoms with Crippen molar-refractivity contribution in [1.29, 1.82) is 0 Å². The quantitative estimate of drug-likeness (QED) is 0.859. The van der Waals surface area contributed by atoms with Gasteiger partial charge in [0.1, 0.15) is 11.4 Å². The zero-order chi connectivity index (χ0) is 16.4. The maximum absolute atomic E-state index is 13.0. The number of ether oxygens (including phenoxy) is 1. The molecule has 1 amide bonds. The standard InChI is InChI=1S/C17H20ClN3O2/c1-3-21-16(14(18)11-19-21)17(22)20-10-4-5-15(20)12-6-8-13(23-2)9-7-12/h6-9,11,15H,3-5,10H2,1-2H3/t15-/m0/s1. The lowest BCUT2D eigenvalue weighted by molar-refractivity contribution is 0.0723. The van der Waals surface area contributed by atoms with E-state index in [0.29, 0.717) is 17.3 Å². The zero-order valence-electron chi connectivity index (χ0n) is 13.3. The highest BCUT2D eigenvalue weighted by atomic mass is 35.5. The molecule has 1 saturated heterocycles. The Hall–Kier alpha value is -2.01. The number of benzene rings is 1. The van der Waals surface area contributed by atoms with Crippen molar-refractivity contribution >= 4 is 17.5 Å². The summed E-state index contributed by atoms with van der Waals surface area (Å²) in [6, 6.07) is 7.98. The van der Waals surface area contributed by atoms with Crippen LogP contribution in [-0.4, -0.2) is 34.2 Å². The van der Waals surface area contributed by atoms with Gasteiger partial charge in [0.05, 0.1) is 24.4 Å². The highest BCUT2D eigenvalue weighted by molar-refractivity contribution is 6.33. The van der Waals surface area contributed by atoms with E-state index in [1.54, 1.807) is 11.8 Å². The first-order valence-electron chi connectivity index (χ1n) is 7.82. The molecule has 122 valence electrons. The molecule has 1 aliphatic rings. The van der Waals surface area contributed by atoms with E-state index in [1.165, 1.54) is 6.20 Å². The lowest BCUT2D eigenvalue weighted by Crippen LogP contribution is -2.32. The van der Waals surface area contributed by atoms with Crippen LogP contribution < -0.4 is 4.74 Å². The van der Waals surface area contributed by atoms with Gasteiger partial charge in [-0.3, -0.25) is 9.48 Å². The molecule has 6 heteroatoms. The second-order valence-electron chi connectivity index (χ2n) is 5.59. The predicted octanol–water partition coefficient (Wildman–Crippen LogP) is 3.54. The van der Waals surface area contributed by atoms with Crippen molar-refractivity contribution in [1.82, 2.24) is 14.7 Å². The molecule has 0 saturated carbocycles. The minimum Gasteiger partial charge on any atom is -0.497 e. The Morgan fingerprint density at radius 2 is 2.13 bits per heavy atom. The largest absolute Gasteiger partial charge is 0.497 e. The zero-order valence-corrected chi connectivity index (χ0v) is 14.1. The second-order valence-corrected chi connectivity index (χ2v) is 5.99. The van der Waals surface area contributed by atoms with Crippen molar-refractivity contribution < 1.29 is 9.53 Å². The van der Waals surface area contributed by atoms with E-state index < -0.39 is 0 Å². The van der Waals surface area contributed by atoms with Crippen molar-refractivity contribution in [2.75, 3.05) is 13.7 Å². The molecular weight excluding hydrogens is 314 g/mol. The van der Waals surface area contributed by atoms with Crippen LogP contribution in [0.4, 0.5) is 0 Å². The molecular formula is C17H20ClN3O2. The fourth-order valence-electron chi connectivity index (χ4n) is 3.13. The van der Waals surface area contributed by atoms with E-state index in [4.69, 9.17) is 16.3 Å². The van der Waals surface area contributed by atoms with E-state index >= 15 is 0 Å². The summed E-state index contributed by atoms with van der Waals surface area (Å²) in [5.41, 5.74) is 1.60. The molecule has 0 unspecified atom stereocenters. The average Bonchev–Trinajstić information content (AvgIpc) is 3.21. The van der Waals surface area contributed by atoms with E-state index in [9.17, 15) is 4.79 Å². The van der Waals surface area contributed by atoms with Crippen molar-refractivity contribution in [3.8, 4) is 5.75 Å². The summed E-state index contributed by atoms with van der Waals surface area (Å²) < 4.78 is 6.86. The van der Waals surface area contributed by atoms with Gasteiger partial charge in [-0.05, 0) is 37.5 Å². The number of aromatic nitrogens is 2. The van der Waals surface area contributed by atoms with Crippen LogP contribution >= 0.6 is 11.6 Å². The number of carbonyl (C=O) groups excluding carboxylic acids is 1. The van der Waals surface area contributed by atoms with Crippen LogP contribution in [0.5, 0.6) is 5.75 Å². The van der Waals surface area contributed by atoms with Crippen LogP contribution in [0.25, 0.3) is 0 Å². The first-order chi connectivity index (χ1) is 11.2. The molecule has 0 spiro atoms. The van der Waals surface area contributed by atoms with Crippen LogP contribution in [-0.2, 0) is 6.54 Å². The van der Waals surface area contributed by atoms with E-state index in [1.807, 2.05) is 36.1 Å². The lowest BCUT2D eigenvalue weighted by Gasteiger charge is -2.25. The molecule has 1 atom stereocenters. The minimum absolute atomic E-state index is 0.0485. The molecule has 0 radical (unpaired) electrons. The summed E-state index contributed by atoms with van der Waals surface area (Å²) in [5, 5.41) is 4.58. The summed E-state index contributed by atoms with van der Waals surface area (Å²) in [7, 11) is 1.65. The molecule has 0 bridgehead atoms. The summed E-state index contributed by atoms with van der Waals surface area (Å²) in [6.07, 6.45) is 3.48. The number of likely N-dealkylation sites (tertiary alicyclic amines) is 1. The maximum Gasteiger partial charge on any atom is 0.274 e. The highest BCUT2D eigenvalue weighted by Crippen LogP contribution is 2.34. The van der Waals surface area contributed by atoms with E-state index in [-0.39, 0.29) is 11.9 Å².